The first-order chi connectivity index (χ1) is 12.7. The number of nitrogens with one attached hydrogen (secondary N) is 1. The van der Waals surface area contributed by atoms with Crippen LogP contribution >= 0.6 is 0 Å². The maximum absolute atomic E-state index is 13.3. The van der Waals surface area contributed by atoms with Crippen molar-refractivity contribution >= 4 is 5.95 Å². The van der Waals surface area contributed by atoms with Crippen molar-refractivity contribution in [2.75, 3.05) is 19.5 Å². The van der Waals surface area contributed by atoms with Crippen LogP contribution in [0.1, 0.15) is 29.6 Å². The van der Waals surface area contributed by atoms with Gasteiger partial charge >= 0.3 is 0 Å². The van der Waals surface area contributed by atoms with E-state index >= 15 is 0 Å². The molecule has 134 valence electrons. The van der Waals surface area contributed by atoms with E-state index in [1.807, 2.05) is 18.2 Å². The quantitative estimate of drug-likeness (QED) is 0.776. The largest absolute Gasteiger partial charge is 0.497 e. The van der Waals surface area contributed by atoms with Crippen molar-refractivity contribution < 1.29 is 13.9 Å². The summed E-state index contributed by atoms with van der Waals surface area (Å²) in [5.41, 5.74) is 1.89. The molecule has 26 heavy (non-hydrogen) atoms. The van der Waals surface area contributed by atoms with Gasteiger partial charge in [0.2, 0.25) is 5.95 Å². The second-order valence-electron chi connectivity index (χ2n) is 6.05. The van der Waals surface area contributed by atoms with E-state index in [0.717, 1.165) is 22.6 Å². The minimum Gasteiger partial charge on any atom is -0.497 e. The highest BCUT2D eigenvalue weighted by atomic mass is 19.1. The predicted molar refractivity (Wildman–Crippen MR) is 92.9 cm³/mol. The lowest BCUT2D eigenvalue weighted by Gasteiger charge is -2.31. The smallest absolute Gasteiger partial charge is 0.243 e. The number of anilines is 1. The van der Waals surface area contributed by atoms with Crippen LogP contribution < -0.4 is 14.8 Å². The van der Waals surface area contributed by atoms with E-state index in [2.05, 4.69) is 20.8 Å². The number of fused-ring (bicyclic) bond motifs is 1. The van der Waals surface area contributed by atoms with Crippen LogP contribution in [0.5, 0.6) is 11.5 Å². The van der Waals surface area contributed by atoms with Crippen LogP contribution in [0.2, 0.25) is 0 Å². The summed E-state index contributed by atoms with van der Waals surface area (Å²) in [6, 6.07) is 11.9. The van der Waals surface area contributed by atoms with E-state index in [-0.39, 0.29) is 17.9 Å². The Balaban J connectivity index is 1.77. The van der Waals surface area contributed by atoms with Crippen LogP contribution in [-0.4, -0.2) is 34.4 Å². The monoisotopic (exact) mass is 355 g/mol. The molecule has 2 aromatic carbocycles. The highest BCUT2D eigenvalue weighted by molar-refractivity contribution is 5.45. The van der Waals surface area contributed by atoms with Gasteiger partial charge in [0.05, 0.1) is 26.3 Å². The van der Waals surface area contributed by atoms with E-state index in [0.29, 0.717) is 12.4 Å². The van der Waals surface area contributed by atoms with Crippen molar-refractivity contribution in [2.45, 2.75) is 18.5 Å². The summed E-state index contributed by atoms with van der Waals surface area (Å²) in [4.78, 5) is 0. The summed E-state index contributed by atoms with van der Waals surface area (Å²) in [5, 5.41) is 15.3. The Bertz CT molecular complexity index is 912. The number of hydrogen-bond donors (Lipinski definition) is 1. The average molecular weight is 355 g/mol. The van der Waals surface area contributed by atoms with E-state index in [1.54, 1.807) is 31.0 Å². The Labute approximate surface area is 149 Å². The number of hydrogen-bond acceptors (Lipinski definition) is 6. The molecule has 0 bridgehead atoms. The van der Waals surface area contributed by atoms with E-state index in [4.69, 9.17) is 9.47 Å². The first-order valence-electron chi connectivity index (χ1n) is 8.21. The number of ether oxygens (including phenoxy) is 2. The zero-order chi connectivity index (χ0) is 18.1. The molecule has 0 radical (unpaired) electrons. The zero-order valence-electron chi connectivity index (χ0n) is 14.4. The van der Waals surface area contributed by atoms with Crippen molar-refractivity contribution in [2.24, 2.45) is 0 Å². The Kier molecular flexibility index (Phi) is 4.16. The van der Waals surface area contributed by atoms with Gasteiger partial charge in [-0.1, -0.05) is 17.2 Å². The molecule has 1 aliphatic heterocycles. The lowest BCUT2D eigenvalue weighted by atomic mass is 9.92. The standard InChI is InChI=1S/C18H18FN5O2/c1-25-13-7-8-17(26-2)14(9-13)16-10-15(11-3-5-12(19)6-4-11)20-18-21-22-23-24(16)18/h3-9,15-16H,10H2,1-2H3,(H,20,21,23). The van der Waals surface area contributed by atoms with Gasteiger partial charge in [-0.15, -0.1) is 0 Å². The van der Waals surface area contributed by atoms with Gasteiger partial charge < -0.3 is 14.8 Å². The van der Waals surface area contributed by atoms with Gasteiger partial charge in [0.25, 0.3) is 0 Å². The summed E-state index contributed by atoms with van der Waals surface area (Å²) in [7, 11) is 3.25. The molecule has 0 fully saturated rings. The highest BCUT2D eigenvalue weighted by Crippen LogP contribution is 2.41. The average Bonchev–Trinajstić information content (AvgIpc) is 3.16. The Morgan fingerprint density at radius 3 is 2.65 bits per heavy atom. The molecular weight excluding hydrogens is 337 g/mol. The third kappa shape index (κ3) is 2.83. The maximum atomic E-state index is 13.3. The van der Waals surface area contributed by atoms with Crippen LogP contribution in [0, 0.1) is 5.82 Å². The number of nitrogens with zero attached hydrogens (tertiary/aromatic N) is 4. The fourth-order valence-electron chi connectivity index (χ4n) is 3.31. The fraction of sp³-hybridized carbons (Fsp3) is 0.278. The van der Waals surface area contributed by atoms with Gasteiger partial charge in [-0.3, -0.25) is 0 Å². The summed E-state index contributed by atoms with van der Waals surface area (Å²) >= 11 is 0. The number of benzene rings is 2. The molecule has 0 amide bonds. The fourth-order valence-corrected chi connectivity index (χ4v) is 3.31. The summed E-state index contributed by atoms with van der Waals surface area (Å²) in [5.74, 6) is 1.75. The summed E-state index contributed by atoms with van der Waals surface area (Å²) < 4.78 is 25.9. The second-order valence-corrected chi connectivity index (χ2v) is 6.05. The third-order valence-electron chi connectivity index (χ3n) is 4.62. The maximum Gasteiger partial charge on any atom is 0.243 e. The topological polar surface area (TPSA) is 74.1 Å². The molecule has 3 aromatic rings. The van der Waals surface area contributed by atoms with Gasteiger partial charge in [-0.05, 0) is 52.7 Å². The van der Waals surface area contributed by atoms with Crippen molar-refractivity contribution in [3.8, 4) is 11.5 Å². The number of halogens is 1. The van der Waals surface area contributed by atoms with Gasteiger partial charge in [-0.2, -0.15) is 0 Å². The number of tetrazole rings is 1. The Morgan fingerprint density at radius 2 is 1.92 bits per heavy atom. The van der Waals surface area contributed by atoms with Gasteiger partial charge in [0.15, 0.2) is 0 Å². The van der Waals surface area contributed by atoms with E-state index < -0.39 is 0 Å². The second kappa shape index (κ2) is 6.62. The van der Waals surface area contributed by atoms with Gasteiger partial charge in [-0.25, -0.2) is 9.07 Å². The first-order valence-corrected chi connectivity index (χ1v) is 8.21. The molecule has 0 aliphatic carbocycles. The van der Waals surface area contributed by atoms with E-state index in [1.165, 1.54) is 12.1 Å². The van der Waals surface area contributed by atoms with E-state index in [9.17, 15) is 4.39 Å². The molecule has 1 aromatic heterocycles. The SMILES string of the molecule is COc1ccc(OC)c(C2CC(c3ccc(F)cc3)Nc3nnnn32)c1. The van der Waals surface area contributed by atoms with Crippen molar-refractivity contribution in [1.29, 1.82) is 0 Å². The molecule has 4 rings (SSSR count). The van der Waals surface area contributed by atoms with Crippen LogP contribution in [0.3, 0.4) is 0 Å². The van der Waals surface area contributed by atoms with Crippen molar-refractivity contribution in [3.05, 3.63) is 59.4 Å². The first kappa shape index (κ1) is 16.3. The van der Waals surface area contributed by atoms with Crippen molar-refractivity contribution in [3.63, 3.8) is 0 Å². The molecule has 2 atom stereocenters. The van der Waals surface area contributed by atoms with Crippen molar-refractivity contribution in [1.82, 2.24) is 20.2 Å². The van der Waals surface area contributed by atoms with Crippen LogP contribution in [-0.2, 0) is 0 Å². The summed E-state index contributed by atoms with van der Waals surface area (Å²) in [6.45, 7) is 0. The summed E-state index contributed by atoms with van der Waals surface area (Å²) in [6.07, 6.45) is 0.674. The van der Waals surface area contributed by atoms with Crippen LogP contribution in [0.15, 0.2) is 42.5 Å². The number of rotatable bonds is 4. The minimum atomic E-state index is -0.264. The number of methoxy groups -OCH3 is 2. The molecule has 8 heteroatoms. The molecule has 0 spiro atoms. The lowest BCUT2D eigenvalue weighted by molar-refractivity contribution is 0.371. The molecule has 2 heterocycles. The molecule has 0 saturated heterocycles. The normalized spacial score (nSPS) is 18.7. The lowest BCUT2D eigenvalue weighted by Crippen LogP contribution is -2.28. The molecule has 7 nitrogen and oxygen atoms in total. The molecular formula is C18H18FN5O2. The molecule has 1 aliphatic rings. The Hall–Kier alpha value is -3.16. The molecule has 2 unspecified atom stereocenters. The van der Waals surface area contributed by atoms with Crippen LogP contribution in [0.25, 0.3) is 0 Å². The Morgan fingerprint density at radius 1 is 1.12 bits per heavy atom. The third-order valence-corrected chi connectivity index (χ3v) is 4.62. The van der Waals surface area contributed by atoms with Gasteiger partial charge in [0.1, 0.15) is 17.3 Å². The highest BCUT2D eigenvalue weighted by Gasteiger charge is 2.32. The van der Waals surface area contributed by atoms with Gasteiger partial charge in [0, 0.05) is 5.56 Å². The molecule has 1 N–H and O–H groups in total. The number of aromatic nitrogens is 4. The minimum absolute atomic E-state index is 0.0602. The zero-order valence-corrected chi connectivity index (χ0v) is 14.4. The molecule has 0 saturated carbocycles. The predicted octanol–water partition coefficient (Wildman–Crippen LogP) is 2.98. The van der Waals surface area contributed by atoms with Crippen LogP contribution in [0.4, 0.5) is 10.3 Å².